The zero-order valence-electron chi connectivity index (χ0n) is 9.41. The number of hydrogen-bond acceptors (Lipinski definition) is 3. The molecule has 0 aromatic carbocycles. The minimum Gasteiger partial charge on any atom is -0.391 e. The molecular weight excluding hydrogens is 360 g/mol. The highest BCUT2D eigenvalue weighted by molar-refractivity contribution is 14.1. The number of aromatic nitrogens is 1. The molecule has 7 heteroatoms. The molecule has 2 rings (SSSR count). The van der Waals surface area contributed by atoms with E-state index in [0.717, 1.165) is 12.5 Å². The highest BCUT2D eigenvalue weighted by Crippen LogP contribution is 2.31. The summed E-state index contributed by atoms with van der Waals surface area (Å²) in [5.74, 6) is 0.309. The molecule has 0 bridgehead atoms. The standard InChI is InChI=1S/C11H12F3IN2O/c12-11(13,14)9-4-3-8(15)10(16-9)17-5-1-2-7(18)6-17/h3-4,7,18H,1-2,5-6H2. The van der Waals surface area contributed by atoms with Crippen LogP contribution in [0.15, 0.2) is 12.1 Å². The number of aliphatic hydroxyl groups is 1. The molecule has 1 aromatic heterocycles. The molecule has 3 nitrogen and oxygen atoms in total. The Bertz CT molecular complexity index is 439. The number of rotatable bonds is 1. The Labute approximate surface area is 116 Å². The van der Waals surface area contributed by atoms with Gasteiger partial charge in [0.15, 0.2) is 0 Å². The van der Waals surface area contributed by atoms with Gasteiger partial charge in [0.2, 0.25) is 0 Å². The number of alkyl halides is 3. The Kier molecular flexibility index (Phi) is 4.00. The summed E-state index contributed by atoms with van der Waals surface area (Å²) in [5, 5.41) is 9.57. The maximum atomic E-state index is 12.6. The molecule has 0 aliphatic carbocycles. The van der Waals surface area contributed by atoms with Gasteiger partial charge in [0, 0.05) is 13.1 Å². The van der Waals surface area contributed by atoms with Gasteiger partial charge in [-0.3, -0.25) is 0 Å². The molecule has 1 aliphatic heterocycles. The molecule has 0 saturated carbocycles. The van der Waals surface area contributed by atoms with Gasteiger partial charge in [0.05, 0.1) is 9.67 Å². The van der Waals surface area contributed by atoms with Crippen molar-refractivity contribution in [2.24, 2.45) is 0 Å². The van der Waals surface area contributed by atoms with Crippen LogP contribution in [-0.2, 0) is 6.18 Å². The quantitative estimate of drug-likeness (QED) is 0.771. The molecule has 1 N–H and O–H groups in total. The van der Waals surface area contributed by atoms with Crippen LogP contribution >= 0.6 is 22.6 Å². The molecule has 100 valence electrons. The third-order valence-electron chi connectivity index (χ3n) is 2.81. The lowest BCUT2D eigenvalue weighted by Gasteiger charge is -2.32. The van der Waals surface area contributed by atoms with E-state index >= 15 is 0 Å². The van der Waals surface area contributed by atoms with Gasteiger partial charge >= 0.3 is 6.18 Å². The number of aliphatic hydroxyl groups excluding tert-OH is 1. The molecule has 0 spiro atoms. The number of nitrogens with zero attached hydrogens (tertiary/aromatic N) is 2. The van der Waals surface area contributed by atoms with E-state index in [1.165, 1.54) is 6.07 Å². The van der Waals surface area contributed by atoms with Gasteiger partial charge in [0.1, 0.15) is 11.5 Å². The summed E-state index contributed by atoms with van der Waals surface area (Å²) in [4.78, 5) is 5.40. The zero-order valence-corrected chi connectivity index (χ0v) is 11.6. The van der Waals surface area contributed by atoms with Crippen LogP contribution in [0.2, 0.25) is 0 Å². The molecule has 1 unspecified atom stereocenters. The van der Waals surface area contributed by atoms with E-state index in [1.54, 1.807) is 4.90 Å². The van der Waals surface area contributed by atoms with Crippen molar-refractivity contribution in [3.63, 3.8) is 0 Å². The highest BCUT2D eigenvalue weighted by atomic mass is 127. The van der Waals surface area contributed by atoms with Crippen LogP contribution in [0.25, 0.3) is 0 Å². The Morgan fingerprint density at radius 2 is 2.11 bits per heavy atom. The van der Waals surface area contributed by atoms with E-state index in [9.17, 15) is 18.3 Å². The maximum absolute atomic E-state index is 12.6. The Morgan fingerprint density at radius 1 is 1.39 bits per heavy atom. The molecule has 1 saturated heterocycles. The summed E-state index contributed by atoms with van der Waals surface area (Å²) in [5.41, 5.74) is -0.891. The minimum atomic E-state index is -4.44. The van der Waals surface area contributed by atoms with Crippen LogP contribution in [0.1, 0.15) is 18.5 Å². The predicted octanol–water partition coefficient (Wildman–Crippen LogP) is 2.67. The van der Waals surface area contributed by atoms with Crippen LogP contribution in [-0.4, -0.2) is 29.3 Å². The lowest BCUT2D eigenvalue weighted by Crippen LogP contribution is -2.39. The molecular formula is C11H12F3IN2O. The fourth-order valence-corrected chi connectivity index (χ4v) is 2.60. The number of hydrogen-bond donors (Lipinski definition) is 1. The molecule has 0 radical (unpaired) electrons. The van der Waals surface area contributed by atoms with Crippen molar-refractivity contribution in [3.05, 3.63) is 21.4 Å². The number of halogens is 4. The van der Waals surface area contributed by atoms with E-state index in [1.807, 2.05) is 22.6 Å². The van der Waals surface area contributed by atoms with Crippen molar-refractivity contribution in [2.75, 3.05) is 18.0 Å². The molecule has 1 aliphatic rings. The first-order chi connectivity index (χ1) is 8.38. The largest absolute Gasteiger partial charge is 0.433 e. The van der Waals surface area contributed by atoms with Crippen LogP contribution in [0.3, 0.4) is 0 Å². The van der Waals surface area contributed by atoms with Crippen molar-refractivity contribution in [1.29, 1.82) is 0 Å². The van der Waals surface area contributed by atoms with Gasteiger partial charge < -0.3 is 10.0 Å². The second kappa shape index (κ2) is 5.20. The monoisotopic (exact) mass is 372 g/mol. The highest BCUT2D eigenvalue weighted by Gasteiger charge is 2.33. The van der Waals surface area contributed by atoms with Gasteiger partial charge in [-0.2, -0.15) is 13.2 Å². The molecule has 2 heterocycles. The number of piperidine rings is 1. The second-order valence-electron chi connectivity index (χ2n) is 4.24. The minimum absolute atomic E-state index is 0.309. The predicted molar refractivity (Wildman–Crippen MR) is 69.4 cm³/mol. The molecule has 0 amide bonds. The van der Waals surface area contributed by atoms with Gasteiger partial charge in [-0.1, -0.05) is 0 Å². The van der Waals surface area contributed by atoms with E-state index in [-0.39, 0.29) is 0 Å². The van der Waals surface area contributed by atoms with Crippen LogP contribution in [0, 0.1) is 3.57 Å². The van der Waals surface area contributed by atoms with Crippen molar-refractivity contribution in [3.8, 4) is 0 Å². The fourth-order valence-electron chi connectivity index (χ4n) is 1.96. The average Bonchev–Trinajstić information content (AvgIpc) is 2.28. The SMILES string of the molecule is OC1CCCN(c2nc(C(F)(F)F)ccc2I)C1. The third-order valence-corrected chi connectivity index (χ3v) is 3.66. The van der Waals surface area contributed by atoms with Crippen molar-refractivity contribution < 1.29 is 18.3 Å². The summed E-state index contributed by atoms with van der Waals surface area (Å²) in [7, 11) is 0. The van der Waals surface area contributed by atoms with Gasteiger partial charge in [-0.05, 0) is 47.6 Å². The van der Waals surface area contributed by atoms with Crippen LogP contribution in [0.4, 0.5) is 19.0 Å². The topological polar surface area (TPSA) is 36.4 Å². The third kappa shape index (κ3) is 3.05. The summed E-state index contributed by atoms with van der Waals surface area (Å²) in [6.45, 7) is 0.964. The zero-order chi connectivity index (χ0) is 13.3. The first kappa shape index (κ1) is 13.9. The summed E-state index contributed by atoms with van der Waals surface area (Å²) < 4.78 is 38.5. The van der Waals surface area contributed by atoms with E-state index < -0.39 is 18.0 Å². The smallest absolute Gasteiger partial charge is 0.391 e. The first-order valence-electron chi connectivity index (χ1n) is 5.54. The van der Waals surface area contributed by atoms with Crippen molar-refractivity contribution >= 4 is 28.4 Å². The van der Waals surface area contributed by atoms with Gasteiger partial charge in [-0.15, -0.1) is 0 Å². The molecule has 1 fully saturated rings. The van der Waals surface area contributed by atoms with Gasteiger partial charge in [-0.25, -0.2) is 4.98 Å². The van der Waals surface area contributed by atoms with Gasteiger partial charge in [0.25, 0.3) is 0 Å². The summed E-state index contributed by atoms with van der Waals surface area (Å²) in [6, 6.07) is 2.39. The maximum Gasteiger partial charge on any atom is 0.433 e. The molecule has 1 atom stereocenters. The summed E-state index contributed by atoms with van der Waals surface area (Å²) in [6.07, 6.45) is -3.49. The van der Waals surface area contributed by atoms with E-state index in [2.05, 4.69) is 4.98 Å². The number of pyridine rings is 1. The average molecular weight is 372 g/mol. The fraction of sp³-hybridized carbons (Fsp3) is 0.545. The molecule has 1 aromatic rings. The normalized spacial score (nSPS) is 21.2. The Hall–Kier alpha value is -0.570. The lowest BCUT2D eigenvalue weighted by molar-refractivity contribution is -0.141. The van der Waals surface area contributed by atoms with Crippen molar-refractivity contribution in [2.45, 2.75) is 25.1 Å². The summed E-state index contributed by atoms with van der Waals surface area (Å²) >= 11 is 1.96. The van der Waals surface area contributed by atoms with E-state index in [4.69, 9.17) is 0 Å². The van der Waals surface area contributed by atoms with E-state index in [0.29, 0.717) is 28.9 Å². The first-order valence-corrected chi connectivity index (χ1v) is 6.62. The number of anilines is 1. The lowest BCUT2D eigenvalue weighted by atomic mass is 10.1. The van der Waals surface area contributed by atoms with Crippen LogP contribution < -0.4 is 4.90 Å². The Balaban J connectivity index is 2.31. The second-order valence-corrected chi connectivity index (χ2v) is 5.40. The molecule has 18 heavy (non-hydrogen) atoms. The van der Waals surface area contributed by atoms with Crippen molar-refractivity contribution in [1.82, 2.24) is 4.98 Å². The van der Waals surface area contributed by atoms with Crippen LogP contribution in [0.5, 0.6) is 0 Å². The Morgan fingerprint density at radius 3 is 2.72 bits per heavy atom. The number of β-amino-alcohol motifs (C(OH)–C–C–N with tert-alkyl or cyclic N) is 1.